The van der Waals surface area contributed by atoms with Gasteiger partial charge in [0.15, 0.2) is 0 Å². The number of carbonyl (C=O) groups excluding carboxylic acids is 1. The number of nitrogens with zero attached hydrogens (tertiary/aromatic N) is 2. The number of anilines is 1. The molecule has 2 aliphatic rings. The minimum absolute atomic E-state index is 0.00803. The highest BCUT2D eigenvalue weighted by Crippen LogP contribution is 2.51. The van der Waals surface area contributed by atoms with E-state index in [4.69, 9.17) is 12.2 Å². The lowest BCUT2D eigenvalue weighted by Gasteiger charge is -2.46. The average Bonchev–Trinajstić information content (AvgIpc) is 3.13. The summed E-state index contributed by atoms with van der Waals surface area (Å²) >= 11 is 8.22. The number of carbonyl (C=O) groups is 2. The quantitative estimate of drug-likeness (QED) is 0.595. The van der Waals surface area contributed by atoms with Crippen LogP contribution < -0.4 is 4.90 Å². The second-order valence-corrected chi connectivity index (χ2v) is 8.75. The second kappa shape index (κ2) is 6.71. The van der Waals surface area contributed by atoms with Gasteiger partial charge in [0.2, 0.25) is 5.91 Å². The zero-order chi connectivity index (χ0) is 18.5. The van der Waals surface area contributed by atoms with Gasteiger partial charge in [-0.1, -0.05) is 30.9 Å². The van der Waals surface area contributed by atoms with Crippen molar-refractivity contribution >= 4 is 56.5 Å². The molecule has 2 aliphatic heterocycles. The number of aliphatic carboxylic acids is 1. The van der Waals surface area contributed by atoms with E-state index in [1.807, 2.05) is 36.4 Å². The van der Waals surface area contributed by atoms with Gasteiger partial charge in [0.1, 0.15) is 10.0 Å². The Kier molecular flexibility index (Phi) is 4.93. The van der Waals surface area contributed by atoms with E-state index in [1.54, 1.807) is 6.92 Å². The van der Waals surface area contributed by atoms with Crippen LogP contribution in [0.15, 0.2) is 28.1 Å². The first-order chi connectivity index (χ1) is 11.8. The number of thiophene rings is 1. The topological polar surface area (TPSA) is 81.1 Å². The van der Waals surface area contributed by atoms with Crippen LogP contribution in [0, 0.1) is 11.8 Å². The smallest absolute Gasteiger partial charge is 0.353 e. The molecule has 2 N–H and O–H groups in total. The number of aliphatic hydroxyl groups excluding tert-OH is 1. The van der Waals surface area contributed by atoms with Gasteiger partial charge in [-0.05, 0) is 24.4 Å². The number of aliphatic hydroxyl groups is 1. The van der Waals surface area contributed by atoms with Crippen LogP contribution in [0.4, 0.5) is 5.00 Å². The maximum atomic E-state index is 12.3. The number of carboxylic acids is 1. The molecule has 1 fully saturated rings. The summed E-state index contributed by atoms with van der Waals surface area (Å²) in [4.78, 5) is 27.8. The predicted octanol–water partition coefficient (Wildman–Crippen LogP) is 2.36. The molecule has 1 amide bonds. The van der Waals surface area contributed by atoms with Crippen molar-refractivity contribution in [3.8, 4) is 0 Å². The van der Waals surface area contributed by atoms with Gasteiger partial charge in [0, 0.05) is 17.9 Å². The van der Waals surface area contributed by atoms with Crippen LogP contribution in [-0.2, 0) is 9.59 Å². The highest BCUT2D eigenvalue weighted by atomic mass is 32.2. The molecule has 0 saturated carbocycles. The van der Waals surface area contributed by atoms with Gasteiger partial charge < -0.3 is 20.0 Å². The van der Waals surface area contributed by atoms with Crippen molar-refractivity contribution in [2.75, 3.05) is 11.9 Å². The SMILES string of the molecule is C[C@@H](O)[C@H]1C(=O)N2C(C(=O)O)=C(SC(=S)N(C)c3cccs3)[C@H](C)[C@H]12. The lowest BCUT2D eigenvalue weighted by atomic mass is 9.79. The molecular formula is C16H18N2O4S3. The maximum absolute atomic E-state index is 12.3. The molecule has 0 aliphatic carbocycles. The van der Waals surface area contributed by atoms with Gasteiger partial charge in [-0.25, -0.2) is 4.79 Å². The standard InChI is InChI=1S/C16H18N2O4S3/c1-7-11-10(8(2)19)14(20)18(11)12(15(21)22)13(7)25-16(23)17(3)9-5-4-6-24-9/h4-8,10-11,19H,1-3H3,(H,21,22)/t7-,8-,10-,11-/m1/s1. The highest BCUT2D eigenvalue weighted by molar-refractivity contribution is 8.25. The number of rotatable bonds is 4. The normalized spacial score (nSPS) is 26.3. The first-order valence-electron chi connectivity index (χ1n) is 7.73. The fraction of sp³-hybridized carbons (Fsp3) is 0.438. The Morgan fingerprint density at radius 2 is 2.20 bits per heavy atom. The number of fused-ring (bicyclic) bond motifs is 1. The maximum Gasteiger partial charge on any atom is 0.353 e. The molecule has 1 saturated heterocycles. The van der Waals surface area contributed by atoms with Crippen LogP contribution in [0.25, 0.3) is 0 Å². The summed E-state index contributed by atoms with van der Waals surface area (Å²) in [7, 11) is 1.83. The number of carboxylic acid groups (broad SMARTS) is 1. The van der Waals surface area contributed by atoms with Crippen LogP contribution in [0.3, 0.4) is 0 Å². The Morgan fingerprint density at radius 1 is 1.52 bits per heavy atom. The minimum Gasteiger partial charge on any atom is -0.477 e. The number of thiocarbonyl (C=S) groups is 1. The molecule has 4 atom stereocenters. The molecule has 1 aromatic heterocycles. The molecule has 3 heterocycles. The Balaban J connectivity index is 1.88. The first kappa shape index (κ1) is 18.4. The van der Waals surface area contributed by atoms with Gasteiger partial charge in [0.05, 0.1) is 23.1 Å². The van der Waals surface area contributed by atoms with Crippen molar-refractivity contribution in [1.82, 2.24) is 4.90 Å². The summed E-state index contributed by atoms with van der Waals surface area (Å²) in [6.45, 7) is 3.44. The molecular weight excluding hydrogens is 380 g/mol. The summed E-state index contributed by atoms with van der Waals surface area (Å²) in [5.74, 6) is -2.23. The number of thioether (sulfide) groups is 1. The zero-order valence-corrected chi connectivity index (χ0v) is 16.3. The zero-order valence-electron chi connectivity index (χ0n) is 13.9. The summed E-state index contributed by atoms with van der Waals surface area (Å²) in [5, 5.41) is 22.4. The molecule has 3 rings (SSSR count). The molecule has 6 nitrogen and oxygen atoms in total. The molecule has 0 aromatic carbocycles. The third-order valence-electron chi connectivity index (χ3n) is 4.62. The number of β-lactam (4-membered cyclic amide) rings is 1. The number of hydrogen-bond donors (Lipinski definition) is 2. The van der Waals surface area contributed by atoms with E-state index in [9.17, 15) is 19.8 Å². The van der Waals surface area contributed by atoms with Gasteiger partial charge >= 0.3 is 5.97 Å². The lowest BCUT2D eigenvalue weighted by Crippen LogP contribution is -2.63. The Labute approximate surface area is 159 Å². The summed E-state index contributed by atoms with van der Waals surface area (Å²) in [6, 6.07) is 3.53. The van der Waals surface area contributed by atoms with E-state index in [0.717, 1.165) is 5.00 Å². The number of amides is 1. The first-order valence-corrected chi connectivity index (χ1v) is 9.83. The van der Waals surface area contributed by atoms with Gasteiger partial charge in [0.25, 0.3) is 0 Å². The van der Waals surface area contributed by atoms with E-state index in [-0.39, 0.29) is 23.6 Å². The second-order valence-electron chi connectivity index (χ2n) is 6.15. The van der Waals surface area contributed by atoms with E-state index >= 15 is 0 Å². The molecule has 134 valence electrons. The fourth-order valence-corrected chi connectivity index (χ4v) is 5.59. The summed E-state index contributed by atoms with van der Waals surface area (Å²) < 4.78 is 0.520. The fourth-order valence-electron chi connectivity index (χ4n) is 3.37. The van der Waals surface area contributed by atoms with Crippen LogP contribution in [0.1, 0.15) is 13.8 Å². The van der Waals surface area contributed by atoms with Crippen molar-refractivity contribution in [3.05, 3.63) is 28.1 Å². The van der Waals surface area contributed by atoms with Crippen molar-refractivity contribution in [1.29, 1.82) is 0 Å². The monoisotopic (exact) mass is 398 g/mol. The Morgan fingerprint density at radius 3 is 2.72 bits per heavy atom. The lowest BCUT2D eigenvalue weighted by molar-refractivity contribution is -0.163. The molecule has 0 unspecified atom stereocenters. The van der Waals surface area contributed by atoms with Crippen molar-refractivity contribution in [2.45, 2.75) is 26.0 Å². The van der Waals surface area contributed by atoms with E-state index < -0.39 is 18.0 Å². The van der Waals surface area contributed by atoms with Crippen molar-refractivity contribution < 1.29 is 19.8 Å². The van der Waals surface area contributed by atoms with Crippen LogP contribution >= 0.6 is 35.3 Å². The average molecular weight is 399 g/mol. The van der Waals surface area contributed by atoms with Crippen LogP contribution in [0.5, 0.6) is 0 Å². The molecule has 0 radical (unpaired) electrons. The Bertz CT molecular complexity index is 759. The third kappa shape index (κ3) is 2.88. The molecule has 9 heteroatoms. The molecule has 0 bridgehead atoms. The van der Waals surface area contributed by atoms with E-state index in [1.165, 1.54) is 28.0 Å². The van der Waals surface area contributed by atoms with Crippen molar-refractivity contribution in [2.24, 2.45) is 11.8 Å². The largest absolute Gasteiger partial charge is 0.477 e. The molecule has 1 aromatic rings. The number of hydrogen-bond acceptors (Lipinski definition) is 6. The highest BCUT2D eigenvalue weighted by Gasteiger charge is 2.60. The van der Waals surface area contributed by atoms with Gasteiger partial charge in [-0.15, -0.1) is 11.3 Å². The summed E-state index contributed by atoms with van der Waals surface area (Å²) in [5.41, 5.74) is -0.00803. The molecule has 0 spiro atoms. The van der Waals surface area contributed by atoms with Crippen LogP contribution in [-0.4, -0.2) is 50.5 Å². The summed E-state index contributed by atoms with van der Waals surface area (Å²) in [6.07, 6.45) is -0.809. The van der Waals surface area contributed by atoms with Crippen LogP contribution in [0.2, 0.25) is 0 Å². The van der Waals surface area contributed by atoms with E-state index in [2.05, 4.69) is 0 Å². The van der Waals surface area contributed by atoms with E-state index in [0.29, 0.717) is 9.23 Å². The minimum atomic E-state index is -1.14. The van der Waals surface area contributed by atoms with Gasteiger partial charge in [-0.3, -0.25) is 4.79 Å². The Hall–Kier alpha value is -1.42. The van der Waals surface area contributed by atoms with Gasteiger partial charge in [-0.2, -0.15) is 0 Å². The third-order valence-corrected chi connectivity index (χ3v) is 7.32. The van der Waals surface area contributed by atoms with Crippen molar-refractivity contribution in [3.63, 3.8) is 0 Å². The predicted molar refractivity (Wildman–Crippen MR) is 103 cm³/mol. The molecule has 25 heavy (non-hydrogen) atoms.